The number of hydrogen-bond acceptors (Lipinski definition) is 4. The molecule has 1 aromatic rings. The number of carbonyl (C=O) groups excluding carboxylic acids is 1. The zero-order valence-corrected chi connectivity index (χ0v) is 8.97. The van der Waals surface area contributed by atoms with E-state index in [-0.39, 0.29) is 17.4 Å². The van der Waals surface area contributed by atoms with Crippen LogP contribution in [-0.2, 0) is 7.05 Å². The Morgan fingerprint density at radius 1 is 1.62 bits per heavy atom. The Bertz CT molecular complexity index is 399. The van der Waals surface area contributed by atoms with Crippen LogP contribution in [0.25, 0.3) is 0 Å². The highest BCUT2D eigenvalue weighted by molar-refractivity contribution is 5.93. The van der Waals surface area contributed by atoms with Crippen LogP contribution in [-0.4, -0.2) is 28.5 Å². The van der Waals surface area contributed by atoms with Gasteiger partial charge in [-0.3, -0.25) is 4.79 Å². The summed E-state index contributed by atoms with van der Waals surface area (Å²) in [6.45, 7) is 0.960. The minimum absolute atomic E-state index is 0.107. The average Bonchev–Trinajstić information content (AvgIpc) is 2.60. The molecule has 1 heterocycles. The van der Waals surface area contributed by atoms with Gasteiger partial charge in [-0.25, -0.2) is 4.57 Å². The summed E-state index contributed by atoms with van der Waals surface area (Å²) in [7, 11) is 1.48. The highest BCUT2D eigenvalue weighted by Crippen LogP contribution is 2.14. The van der Waals surface area contributed by atoms with Gasteiger partial charge in [0.05, 0.1) is 7.05 Å². The lowest BCUT2D eigenvalue weighted by Gasteiger charge is -2.02. The van der Waals surface area contributed by atoms with Gasteiger partial charge in [0.1, 0.15) is 0 Å². The molecule has 16 heavy (non-hydrogen) atoms. The predicted molar refractivity (Wildman–Crippen MR) is 58.1 cm³/mol. The lowest BCUT2D eigenvalue weighted by Crippen LogP contribution is -2.27. The highest BCUT2D eigenvalue weighted by atomic mass is 16.6. The van der Waals surface area contributed by atoms with Crippen molar-refractivity contribution in [3.05, 3.63) is 27.9 Å². The van der Waals surface area contributed by atoms with Crippen LogP contribution in [0.4, 0.5) is 5.82 Å². The number of hydrogen-bond donors (Lipinski definition) is 2. The lowest BCUT2D eigenvalue weighted by atomic mass is 10.3. The molecule has 7 heteroatoms. The highest BCUT2D eigenvalue weighted by Gasteiger charge is 2.19. The minimum Gasteiger partial charge on any atom is -0.358 e. The molecule has 0 saturated heterocycles. The Labute approximate surface area is 92.4 Å². The van der Waals surface area contributed by atoms with Crippen molar-refractivity contribution in [2.75, 3.05) is 13.1 Å². The molecule has 7 nitrogen and oxygen atoms in total. The van der Waals surface area contributed by atoms with E-state index in [0.29, 0.717) is 19.5 Å². The van der Waals surface area contributed by atoms with Crippen molar-refractivity contribution < 1.29 is 9.72 Å². The Hall–Kier alpha value is -1.89. The number of amides is 1. The lowest BCUT2D eigenvalue weighted by molar-refractivity contribution is -0.391. The predicted octanol–water partition coefficient (Wildman–Crippen LogP) is 0.0119. The summed E-state index contributed by atoms with van der Waals surface area (Å²) in [4.78, 5) is 21.6. The van der Waals surface area contributed by atoms with Gasteiger partial charge in [-0.1, -0.05) is 0 Å². The van der Waals surface area contributed by atoms with Gasteiger partial charge >= 0.3 is 5.82 Å². The third-order valence-electron chi connectivity index (χ3n) is 2.18. The largest absolute Gasteiger partial charge is 0.358 e. The molecule has 0 unspecified atom stereocenters. The molecule has 88 valence electrons. The molecular formula is C9H14N4O3. The van der Waals surface area contributed by atoms with E-state index in [1.165, 1.54) is 23.7 Å². The molecule has 1 amide bonds. The van der Waals surface area contributed by atoms with Crippen molar-refractivity contribution in [3.63, 3.8) is 0 Å². The van der Waals surface area contributed by atoms with E-state index in [4.69, 9.17) is 5.73 Å². The summed E-state index contributed by atoms with van der Waals surface area (Å²) in [5.41, 5.74) is 5.55. The third-order valence-corrected chi connectivity index (χ3v) is 2.18. The van der Waals surface area contributed by atoms with Crippen LogP contribution < -0.4 is 11.1 Å². The van der Waals surface area contributed by atoms with Crippen LogP contribution in [0.5, 0.6) is 0 Å². The van der Waals surface area contributed by atoms with Gasteiger partial charge < -0.3 is 21.2 Å². The Balaban J connectivity index is 2.73. The van der Waals surface area contributed by atoms with Gasteiger partial charge in [0.15, 0.2) is 5.69 Å². The van der Waals surface area contributed by atoms with E-state index in [2.05, 4.69) is 5.32 Å². The zero-order chi connectivity index (χ0) is 12.1. The first-order valence-corrected chi connectivity index (χ1v) is 4.86. The molecule has 0 radical (unpaired) electrons. The van der Waals surface area contributed by atoms with Crippen LogP contribution >= 0.6 is 0 Å². The maximum Gasteiger partial charge on any atom is 0.323 e. The van der Waals surface area contributed by atoms with Gasteiger partial charge in [-0.15, -0.1) is 0 Å². The summed E-state index contributed by atoms with van der Waals surface area (Å²) < 4.78 is 1.25. The van der Waals surface area contributed by atoms with Crippen molar-refractivity contribution >= 4 is 11.7 Å². The Kier molecular flexibility index (Phi) is 4.01. The van der Waals surface area contributed by atoms with Crippen LogP contribution in [0.1, 0.15) is 16.9 Å². The zero-order valence-electron chi connectivity index (χ0n) is 8.97. The van der Waals surface area contributed by atoms with Crippen molar-refractivity contribution in [2.24, 2.45) is 12.8 Å². The molecule has 0 fully saturated rings. The number of carbonyl (C=O) groups is 1. The fraction of sp³-hybridized carbons (Fsp3) is 0.444. The van der Waals surface area contributed by atoms with E-state index in [0.717, 1.165) is 0 Å². The number of nitrogens with one attached hydrogen (secondary N) is 1. The molecule has 0 aliphatic heterocycles. The smallest absolute Gasteiger partial charge is 0.323 e. The summed E-state index contributed by atoms with van der Waals surface area (Å²) in [6.07, 6.45) is 0.679. The first kappa shape index (κ1) is 12.2. The topological polar surface area (TPSA) is 103 Å². The molecule has 1 aromatic heterocycles. The molecule has 0 atom stereocenters. The Morgan fingerprint density at radius 3 is 2.81 bits per heavy atom. The second-order valence-corrected chi connectivity index (χ2v) is 3.29. The fourth-order valence-electron chi connectivity index (χ4n) is 1.31. The summed E-state index contributed by atoms with van der Waals surface area (Å²) in [5, 5.41) is 13.2. The molecule has 1 rings (SSSR count). The number of aromatic nitrogens is 1. The van der Waals surface area contributed by atoms with E-state index in [1.54, 1.807) is 0 Å². The Morgan fingerprint density at radius 2 is 2.31 bits per heavy atom. The SMILES string of the molecule is Cn1c(C(=O)NCCCN)ccc1[N+](=O)[O-]. The van der Waals surface area contributed by atoms with Crippen LogP contribution in [0.15, 0.2) is 12.1 Å². The van der Waals surface area contributed by atoms with Gasteiger partial charge in [-0.2, -0.15) is 0 Å². The van der Waals surface area contributed by atoms with Crippen LogP contribution in [0, 0.1) is 10.1 Å². The monoisotopic (exact) mass is 226 g/mol. The molecule has 0 aliphatic rings. The second kappa shape index (κ2) is 5.26. The summed E-state index contributed by atoms with van der Waals surface area (Å²) in [5.74, 6) is -0.437. The van der Waals surface area contributed by atoms with E-state index < -0.39 is 4.92 Å². The second-order valence-electron chi connectivity index (χ2n) is 3.29. The molecule has 0 aliphatic carbocycles. The molecule has 0 aromatic carbocycles. The summed E-state index contributed by atoms with van der Waals surface area (Å²) >= 11 is 0. The number of nitro groups is 1. The first-order valence-electron chi connectivity index (χ1n) is 4.86. The van der Waals surface area contributed by atoms with Crippen molar-refractivity contribution in [3.8, 4) is 0 Å². The normalized spacial score (nSPS) is 10.1. The maximum absolute atomic E-state index is 11.6. The quantitative estimate of drug-likeness (QED) is 0.419. The molecular weight excluding hydrogens is 212 g/mol. The van der Waals surface area contributed by atoms with Crippen molar-refractivity contribution in [2.45, 2.75) is 6.42 Å². The van der Waals surface area contributed by atoms with E-state index >= 15 is 0 Å². The molecule has 0 saturated carbocycles. The molecule has 3 N–H and O–H groups in total. The number of nitrogens with zero attached hydrogens (tertiary/aromatic N) is 2. The van der Waals surface area contributed by atoms with Crippen molar-refractivity contribution in [1.29, 1.82) is 0 Å². The van der Waals surface area contributed by atoms with E-state index in [9.17, 15) is 14.9 Å². The summed E-state index contributed by atoms with van der Waals surface area (Å²) in [6, 6.07) is 2.73. The van der Waals surface area contributed by atoms with Gasteiger partial charge in [0.2, 0.25) is 0 Å². The first-order chi connectivity index (χ1) is 7.57. The van der Waals surface area contributed by atoms with E-state index in [1.807, 2.05) is 0 Å². The standard InChI is InChI=1S/C9H14N4O3/c1-12-7(3-4-8(12)13(15)16)9(14)11-6-2-5-10/h3-4H,2,5-6,10H2,1H3,(H,11,14). The van der Waals surface area contributed by atoms with Crippen LogP contribution in [0.3, 0.4) is 0 Å². The van der Waals surface area contributed by atoms with Crippen LogP contribution in [0.2, 0.25) is 0 Å². The average molecular weight is 226 g/mol. The molecule has 0 bridgehead atoms. The minimum atomic E-state index is -0.531. The van der Waals surface area contributed by atoms with Gasteiger partial charge in [0, 0.05) is 12.6 Å². The van der Waals surface area contributed by atoms with Gasteiger partial charge in [-0.05, 0) is 24.0 Å². The number of nitrogens with two attached hydrogens (primary N) is 1. The fourth-order valence-corrected chi connectivity index (χ4v) is 1.31. The third kappa shape index (κ3) is 2.57. The number of rotatable bonds is 5. The van der Waals surface area contributed by atoms with Crippen molar-refractivity contribution in [1.82, 2.24) is 9.88 Å². The maximum atomic E-state index is 11.6. The molecule has 0 spiro atoms. The van der Waals surface area contributed by atoms with Gasteiger partial charge in [0.25, 0.3) is 5.91 Å².